The van der Waals surface area contributed by atoms with Gasteiger partial charge in [-0.25, -0.2) is 0 Å². The molecular weight excluding hydrogens is 920 g/mol. The number of benzene rings is 2. The number of aliphatic hydroxyl groups excluding tert-OH is 2. The molecule has 2 aromatic rings. The van der Waals surface area contributed by atoms with Crippen molar-refractivity contribution in [1.82, 2.24) is 21.3 Å². The summed E-state index contributed by atoms with van der Waals surface area (Å²) in [5, 5.41) is 40.9. The Bertz CT molecular complexity index is 2290. The van der Waals surface area contributed by atoms with E-state index >= 15 is 0 Å². The van der Waals surface area contributed by atoms with Crippen molar-refractivity contribution in [3.05, 3.63) is 94.6 Å². The van der Waals surface area contributed by atoms with Crippen LogP contribution >= 0.6 is 15.9 Å². The molecule has 17 nitrogen and oxygen atoms in total. The number of carbonyl (C=O) groups is 7. The van der Waals surface area contributed by atoms with Gasteiger partial charge in [0.2, 0.25) is 23.6 Å². The summed E-state index contributed by atoms with van der Waals surface area (Å²) in [6.45, 7) is 2.55. The second kappa shape index (κ2) is 20.4. The lowest BCUT2D eigenvalue weighted by molar-refractivity contribution is -0.201. The lowest BCUT2D eigenvalue weighted by Crippen LogP contribution is -2.63. The van der Waals surface area contributed by atoms with E-state index in [1.807, 2.05) is 61.5 Å². The minimum absolute atomic E-state index is 0.00691. The van der Waals surface area contributed by atoms with E-state index in [0.717, 1.165) is 40.7 Å². The summed E-state index contributed by atoms with van der Waals surface area (Å²) in [5.41, 5.74) is 1.92. The molecule has 4 fully saturated rings. The summed E-state index contributed by atoms with van der Waals surface area (Å²) in [6.07, 6.45) is 5.34. The lowest BCUT2D eigenvalue weighted by atomic mass is 9.46. The summed E-state index contributed by atoms with van der Waals surface area (Å²) in [5.74, 6) is -4.22. The van der Waals surface area contributed by atoms with Crippen molar-refractivity contribution in [2.24, 2.45) is 28.6 Å². The number of nitrogens with one attached hydrogen (secondary N) is 4. The average Bonchev–Trinajstić information content (AvgIpc) is 3.80. The molecule has 10 atom stereocenters. The van der Waals surface area contributed by atoms with Gasteiger partial charge in [-0.05, 0) is 79.2 Å². The number of aliphatic hydroxyl groups is 2. The third kappa shape index (κ3) is 9.94. The Morgan fingerprint density at radius 2 is 1.70 bits per heavy atom. The number of hydrogen-bond donors (Lipinski definition) is 7. The van der Waals surface area contributed by atoms with Gasteiger partial charge in [-0.3, -0.25) is 33.6 Å². The lowest BCUT2D eigenvalue weighted by Gasteiger charge is -2.59. The Morgan fingerprint density at radius 1 is 0.955 bits per heavy atom. The number of rotatable bonds is 19. The molecule has 66 heavy (non-hydrogen) atoms. The van der Waals surface area contributed by atoms with Crippen molar-refractivity contribution in [1.29, 1.82) is 0 Å². The van der Waals surface area contributed by atoms with Gasteiger partial charge < -0.3 is 50.8 Å². The Hall–Kier alpha value is -5.11. The van der Waals surface area contributed by atoms with E-state index in [2.05, 4.69) is 44.1 Å². The molecule has 5 aliphatic rings. The van der Waals surface area contributed by atoms with E-state index in [0.29, 0.717) is 19.3 Å². The van der Waals surface area contributed by atoms with Crippen molar-refractivity contribution in [3.63, 3.8) is 0 Å². The van der Waals surface area contributed by atoms with Crippen LogP contribution in [0, 0.1) is 28.6 Å². The molecule has 0 aromatic heterocycles. The van der Waals surface area contributed by atoms with Crippen molar-refractivity contribution in [3.8, 4) is 0 Å². The number of carbonyl (C=O) groups excluding carboxylic acids is 6. The summed E-state index contributed by atoms with van der Waals surface area (Å²) < 4.78 is 19.0. The van der Waals surface area contributed by atoms with Gasteiger partial charge in [-0.1, -0.05) is 90.0 Å². The quantitative estimate of drug-likeness (QED) is 0.0608. The number of Topliss-reactive ketones (excluding diaryl/α,β-unsaturated/α-hetero) is 1. The Morgan fingerprint density at radius 3 is 2.42 bits per heavy atom. The molecule has 2 aromatic carbocycles. The molecule has 1 heterocycles. The van der Waals surface area contributed by atoms with Gasteiger partial charge in [-0.2, -0.15) is 0 Å². The van der Waals surface area contributed by atoms with Crippen LogP contribution in [0.2, 0.25) is 0 Å². The van der Waals surface area contributed by atoms with E-state index in [4.69, 9.17) is 19.3 Å². The van der Waals surface area contributed by atoms with Crippen LogP contribution in [-0.4, -0.2) is 112 Å². The van der Waals surface area contributed by atoms with Gasteiger partial charge in [-0.15, -0.1) is 0 Å². The van der Waals surface area contributed by atoms with E-state index in [9.17, 15) is 43.8 Å². The molecule has 0 unspecified atom stereocenters. The van der Waals surface area contributed by atoms with Gasteiger partial charge in [0.05, 0.1) is 37.2 Å². The Balaban J connectivity index is 0.900. The van der Waals surface area contributed by atoms with Crippen molar-refractivity contribution < 1.29 is 63.1 Å². The van der Waals surface area contributed by atoms with Crippen LogP contribution in [0.1, 0.15) is 80.9 Å². The SMILES string of the molecule is C[C@]12C=CC(=O)C=C1CC[C@@H]1[C@@H]2[C@@H](O)C[C@@]2(C)[C@H]1C[C@H]1O[C@@H](c3ccc(Cc4cccc(COCNC(=O)CNC(=O)[C@H](CCC(=O)O)NC(=O)CNC(=O)CBr)c4)cc3)O[C@]12C(=O)CO. The van der Waals surface area contributed by atoms with Gasteiger partial charge in [0.1, 0.15) is 19.4 Å². The first-order valence-corrected chi connectivity index (χ1v) is 23.4. The van der Waals surface area contributed by atoms with Crippen LogP contribution in [0.5, 0.6) is 0 Å². The minimum Gasteiger partial charge on any atom is -0.481 e. The molecule has 3 saturated carbocycles. The maximum atomic E-state index is 13.9. The number of ether oxygens (including phenoxy) is 3. The molecule has 7 rings (SSSR count). The van der Waals surface area contributed by atoms with Crippen molar-refractivity contribution in [2.45, 2.75) is 95.5 Å². The number of amides is 4. The first-order chi connectivity index (χ1) is 31.5. The van der Waals surface area contributed by atoms with Gasteiger partial charge in [0.25, 0.3) is 0 Å². The maximum Gasteiger partial charge on any atom is 0.303 e. The number of halogens is 1. The normalized spacial score (nSPS) is 29.8. The number of ketones is 2. The highest BCUT2D eigenvalue weighted by atomic mass is 79.9. The summed E-state index contributed by atoms with van der Waals surface area (Å²) in [4.78, 5) is 86.0. The van der Waals surface area contributed by atoms with Gasteiger partial charge >= 0.3 is 5.97 Å². The Labute approximate surface area is 390 Å². The van der Waals surface area contributed by atoms with Crippen molar-refractivity contribution in [2.75, 3.05) is 31.8 Å². The monoisotopic (exact) mass is 976 g/mol. The molecule has 1 aliphatic heterocycles. The highest BCUT2D eigenvalue weighted by Crippen LogP contribution is 2.70. The average molecular weight is 978 g/mol. The van der Waals surface area contributed by atoms with Crippen molar-refractivity contribution >= 4 is 57.1 Å². The van der Waals surface area contributed by atoms with E-state index in [1.54, 1.807) is 12.2 Å². The van der Waals surface area contributed by atoms with Crippen LogP contribution in [0.25, 0.3) is 0 Å². The molecule has 4 amide bonds. The van der Waals surface area contributed by atoms with Crippen LogP contribution in [-0.2, 0) is 60.8 Å². The molecule has 1 saturated heterocycles. The predicted molar refractivity (Wildman–Crippen MR) is 239 cm³/mol. The smallest absolute Gasteiger partial charge is 0.303 e. The third-order valence-corrected chi connectivity index (χ3v) is 14.9. The Kier molecular flexibility index (Phi) is 15.1. The second-order valence-corrected chi connectivity index (χ2v) is 18.9. The summed E-state index contributed by atoms with van der Waals surface area (Å²) >= 11 is 2.95. The number of fused-ring (bicyclic) bond motifs is 7. The zero-order valence-electron chi connectivity index (χ0n) is 36.9. The molecule has 4 aliphatic carbocycles. The van der Waals surface area contributed by atoms with Crippen LogP contribution < -0.4 is 21.3 Å². The standard InChI is InChI=1S/C48H57BrN4O13/c1-46-15-14-32(55)18-31(46)10-11-33-34-19-38-48(37(57)24-54,47(34,2)20-36(56)43(33)46)66-45(65-38)30-8-6-27(7-9-30)16-28-4-3-5-29(17-28)25-64-26-52-40(59)22-51-44(63)35(12-13-42(61)62)53-41(60)23-50-39(58)21-49/h3-9,14-15,17-18,33-36,38,43,45,54,56H,10-13,16,19-26H2,1-2H3,(H,50,58)(H,51,63)(H,52,59)(H,53,60)(H,61,62)/t33-,34-,35-,36-,38+,43+,45+,46-,47-,48+/m0/s1. The largest absolute Gasteiger partial charge is 0.481 e. The van der Waals surface area contributed by atoms with E-state index in [1.165, 1.54) is 0 Å². The number of aliphatic carboxylic acids is 1. The predicted octanol–water partition coefficient (Wildman–Crippen LogP) is 2.45. The fourth-order valence-corrected chi connectivity index (χ4v) is 11.6. The van der Waals surface area contributed by atoms with Crippen LogP contribution in [0.3, 0.4) is 0 Å². The highest BCUT2D eigenvalue weighted by Gasteiger charge is 2.76. The molecule has 7 N–H and O–H groups in total. The molecule has 0 spiro atoms. The van der Waals surface area contributed by atoms with E-state index in [-0.39, 0.29) is 48.6 Å². The third-order valence-electron chi connectivity index (χ3n) is 14.4. The zero-order valence-corrected chi connectivity index (χ0v) is 38.5. The first-order valence-electron chi connectivity index (χ1n) is 22.2. The number of hydrogen-bond acceptors (Lipinski definition) is 12. The van der Waals surface area contributed by atoms with E-state index < -0.39 is 102 Å². The first kappa shape index (κ1) is 48.8. The zero-order chi connectivity index (χ0) is 47.4. The molecule has 0 bridgehead atoms. The number of allylic oxidation sites excluding steroid dienone is 4. The highest BCUT2D eigenvalue weighted by molar-refractivity contribution is 9.09. The molecule has 354 valence electrons. The number of carboxylic acid groups (broad SMARTS) is 1. The molecule has 0 radical (unpaired) electrons. The summed E-state index contributed by atoms with van der Waals surface area (Å²) in [6, 6.07) is 14.3. The maximum absolute atomic E-state index is 13.9. The van der Waals surface area contributed by atoms with Gasteiger partial charge in [0, 0.05) is 28.7 Å². The van der Waals surface area contributed by atoms with Crippen LogP contribution in [0.15, 0.2) is 72.3 Å². The fourth-order valence-electron chi connectivity index (χ4n) is 11.4. The fraction of sp³-hybridized carbons (Fsp3) is 0.521. The molecule has 18 heteroatoms. The topological polar surface area (TPSA) is 256 Å². The molecular formula is C48H57BrN4O13. The number of alkyl halides is 1. The van der Waals surface area contributed by atoms with Gasteiger partial charge in [0.15, 0.2) is 23.5 Å². The second-order valence-electron chi connectivity index (χ2n) is 18.4. The number of carboxylic acids is 1. The summed E-state index contributed by atoms with van der Waals surface area (Å²) in [7, 11) is 0. The minimum atomic E-state index is -1.44. The van der Waals surface area contributed by atoms with Crippen LogP contribution in [0.4, 0.5) is 0 Å².